The fourth-order valence-corrected chi connectivity index (χ4v) is 2.12. The van der Waals surface area contributed by atoms with Crippen molar-refractivity contribution in [3.8, 4) is 0 Å². The van der Waals surface area contributed by atoms with Crippen molar-refractivity contribution < 1.29 is 4.39 Å². The number of hydrogen-bond acceptors (Lipinski definition) is 2. The summed E-state index contributed by atoms with van der Waals surface area (Å²) in [4.78, 5) is 2.03. The maximum atomic E-state index is 13.2. The van der Waals surface area contributed by atoms with E-state index in [1.165, 1.54) is 6.07 Å². The molecule has 0 spiro atoms. The summed E-state index contributed by atoms with van der Waals surface area (Å²) in [6.07, 6.45) is 1.10. The zero-order valence-electron chi connectivity index (χ0n) is 9.20. The molecule has 1 fully saturated rings. The molecule has 15 heavy (non-hydrogen) atoms. The van der Waals surface area contributed by atoms with Gasteiger partial charge < -0.3 is 10.6 Å². The Hall–Kier alpha value is -1.09. The number of anilines is 1. The second kappa shape index (κ2) is 3.81. The van der Waals surface area contributed by atoms with Crippen LogP contribution in [0.1, 0.15) is 17.9 Å². The Balaban J connectivity index is 2.32. The lowest BCUT2D eigenvalue weighted by molar-refractivity contribution is 0.624. The van der Waals surface area contributed by atoms with E-state index in [1.807, 2.05) is 25.1 Å². The van der Waals surface area contributed by atoms with Crippen LogP contribution >= 0.6 is 0 Å². The van der Waals surface area contributed by atoms with Crippen LogP contribution in [0, 0.1) is 11.7 Å². The van der Waals surface area contributed by atoms with Crippen LogP contribution in [0.5, 0.6) is 0 Å². The number of benzene rings is 1. The van der Waals surface area contributed by atoms with Gasteiger partial charge in [-0.2, -0.15) is 0 Å². The molecule has 2 rings (SSSR count). The van der Waals surface area contributed by atoms with E-state index in [-0.39, 0.29) is 5.82 Å². The maximum Gasteiger partial charge on any atom is 0.123 e. The Morgan fingerprint density at radius 2 is 2.20 bits per heavy atom. The minimum atomic E-state index is -0.154. The highest BCUT2D eigenvalue weighted by atomic mass is 19.1. The topological polar surface area (TPSA) is 29.3 Å². The van der Waals surface area contributed by atoms with Crippen LogP contribution in [0.2, 0.25) is 0 Å². The number of halogens is 1. The second-order valence-corrected chi connectivity index (χ2v) is 4.44. The average Bonchev–Trinajstić information content (AvgIpc) is 2.95. The van der Waals surface area contributed by atoms with Crippen LogP contribution in [0.3, 0.4) is 0 Å². The molecule has 82 valence electrons. The van der Waals surface area contributed by atoms with Crippen molar-refractivity contribution in [3.63, 3.8) is 0 Å². The van der Waals surface area contributed by atoms with Gasteiger partial charge in [-0.25, -0.2) is 4.39 Å². The van der Waals surface area contributed by atoms with Gasteiger partial charge in [0.05, 0.1) is 0 Å². The van der Waals surface area contributed by atoms with Gasteiger partial charge in [-0.1, -0.05) is 0 Å². The summed E-state index contributed by atoms with van der Waals surface area (Å²) in [5, 5.41) is 0. The van der Waals surface area contributed by atoms with E-state index < -0.39 is 0 Å². The summed E-state index contributed by atoms with van der Waals surface area (Å²) >= 11 is 0. The monoisotopic (exact) mass is 208 g/mol. The Morgan fingerprint density at radius 1 is 1.47 bits per heavy atom. The van der Waals surface area contributed by atoms with E-state index in [4.69, 9.17) is 5.73 Å². The molecule has 0 aromatic heterocycles. The van der Waals surface area contributed by atoms with Crippen molar-refractivity contribution in [2.24, 2.45) is 11.7 Å². The van der Waals surface area contributed by atoms with Crippen LogP contribution in [-0.4, -0.2) is 20.6 Å². The highest BCUT2D eigenvalue weighted by Crippen LogP contribution is 2.49. The van der Waals surface area contributed by atoms with Gasteiger partial charge in [-0.3, -0.25) is 0 Å². The lowest BCUT2D eigenvalue weighted by atomic mass is 10.1. The molecule has 0 radical (unpaired) electrons. The Kier molecular flexibility index (Phi) is 2.65. The predicted octanol–water partition coefficient (Wildman–Crippen LogP) is 1.95. The van der Waals surface area contributed by atoms with E-state index >= 15 is 0 Å². The van der Waals surface area contributed by atoms with Gasteiger partial charge >= 0.3 is 0 Å². The van der Waals surface area contributed by atoms with Gasteiger partial charge in [0.25, 0.3) is 0 Å². The minimum Gasteiger partial charge on any atom is -0.377 e. The van der Waals surface area contributed by atoms with E-state index in [0.717, 1.165) is 17.7 Å². The third-order valence-electron chi connectivity index (χ3n) is 3.10. The summed E-state index contributed by atoms with van der Waals surface area (Å²) < 4.78 is 13.2. The third-order valence-corrected chi connectivity index (χ3v) is 3.10. The summed E-state index contributed by atoms with van der Waals surface area (Å²) in [6.45, 7) is 0.702. The lowest BCUT2D eigenvalue weighted by Crippen LogP contribution is -2.12. The Labute approximate surface area is 89.9 Å². The number of hydrogen-bond donors (Lipinski definition) is 1. The first-order chi connectivity index (χ1) is 7.13. The third kappa shape index (κ3) is 1.97. The molecule has 3 heteroatoms. The molecule has 1 aliphatic rings. The smallest absolute Gasteiger partial charge is 0.123 e. The molecule has 2 atom stereocenters. The minimum absolute atomic E-state index is 0.154. The van der Waals surface area contributed by atoms with Crippen LogP contribution in [0.4, 0.5) is 10.1 Å². The quantitative estimate of drug-likeness (QED) is 0.822. The van der Waals surface area contributed by atoms with Crippen molar-refractivity contribution in [3.05, 3.63) is 29.6 Å². The molecule has 2 nitrogen and oxygen atoms in total. The second-order valence-electron chi connectivity index (χ2n) is 4.44. The summed E-state index contributed by atoms with van der Waals surface area (Å²) in [5.74, 6) is 0.854. The van der Waals surface area contributed by atoms with Gasteiger partial charge in [0.15, 0.2) is 0 Å². The molecule has 1 saturated carbocycles. The van der Waals surface area contributed by atoms with E-state index in [2.05, 4.69) is 0 Å². The number of rotatable bonds is 3. The van der Waals surface area contributed by atoms with Gasteiger partial charge in [-0.15, -0.1) is 0 Å². The van der Waals surface area contributed by atoms with Crippen molar-refractivity contribution in [1.82, 2.24) is 0 Å². The first-order valence-corrected chi connectivity index (χ1v) is 5.30. The molecule has 0 heterocycles. The average molecular weight is 208 g/mol. The molecule has 0 bridgehead atoms. The van der Waals surface area contributed by atoms with Gasteiger partial charge in [0, 0.05) is 19.8 Å². The van der Waals surface area contributed by atoms with Crippen molar-refractivity contribution >= 4 is 5.69 Å². The SMILES string of the molecule is CN(C)c1ccc(F)cc1[C@@H]1C[C@H]1CN. The van der Waals surface area contributed by atoms with Crippen molar-refractivity contribution in [2.45, 2.75) is 12.3 Å². The molecule has 1 aromatic carbocycles. The molecular weight excluding hydrogens is 191 g/mol. The van der Waals surface area contributed by atoms with Crippen molar-refractivity contribution in [2.75, 3.05) is 25.5 Å². The summed E-state index contributed by atoms with van der Waals surface area (Å²) in [5.41, 5.74) is 7.83. The maximum absolute atomic E-state index is 13.2. The molecule has 1 aliphatic carbocycles. The predicted molar refractivity (Wildman–Crippen MR) is 60.6 cm³/mol. The van der Waals surface area contributed by atoms with Crippen LogP contribution in [0.25, 0.3) is 0 Å². The zero-order valence-corrected chi connectivity index (χ0v) is 9.20. The van der Waals surface area contributed by atoms with Crippen LogP contribution in [-0.2, 0) is 0 Å². The number of nitrogens with zero attached hydrogens (tertiary/aromatic N) is 1. The first kappa shape index (κ1) is 10.4. The molecule has 0 amide bonds. The largest absolute Gasteiger partial charge is 0.377 e. The van der Waals surface area contributed by atoms with E-state index in [9.17, 15) is 4.39 Å². The van der Waals surface area contributed by atoms with E-state index in [0.29, 0.717) is 18.4 Å². The van der Waals surface area contributed by atoms with Gasteiger partial charge in [-0.05, 0) is 48.6 Å². The molecule has 2 N–H and O–H groups in total. The Bertz CT molecular complexity index is 363. The molecule has 0 saturated heterocycles. The fraction of sp³-hybridized carbons (Fsp3) is 0.500. The lowest BCUT2D eigenvalue weighted by Gasteiger charge is -2.17. The van der Waals surface area contributed by atoms with Crippen LogP contribution in [0.15, 0.2) is 18.2 Å². The highest BCUT2D eigenvalue weighted by Gasteiger charge is 2.38. The first-order valence-electron chi connectivity index (χ1n) is 5.30. The molecule has 0 aliphatic heterocycles. The molecular formula is C12H17FN2. The molecule has 0 unspecified atom stereocenters. The molecule has 1 aromatic rings. The summed E-state index contributed by atoms with van der Waals surface area (Å²) in [7, 11) is 3.97. The van der Waals surface area contributed by atoms with Gasteiger partial charge in [0.1, 0.15) is 5.82 Å². The standard InChI is InChI=1S/C12H17FN2/c1-15(2)12-4-3-9(13)6-11(12)10-5-8(10)7-14/h3-4,6,8,10H,5,7,14H2,1-2H3/t8-,10+/m0/s1. The van der Waals surface area contributed by atoms with Crippen molar-refractivity contribution in [1.29, 1.82) is 0 Å². The normalized spacial score (nSPS) is 24.0. The highest BCUT2D eigenvalue weighted by molar-refractivity contribution is 5.56. The summed E-state index contributed by atoms with van der Waals surface area (Å²) in [6, 6.07) is 5.00. The number of nitrogens with two attached hydrogens (primary N) is 1. The fourth-order valence-electron chi connectivity index (χ4n) is 2.12. The zero-order chi connectivity index (χ0) is 11.0. The van der Waals surface area contributed by atoms with Crippen LogP contribution < -0.4 is 10.6 Å². The van der Waals surface area contributed by atoms with E-state index in [1.54, 1.807) is 6.07 Å². The van der Waals surface area contributed by atoms with Gasteiger partial charge in [0.2, 0.25) is 0 Å². The Morgan fingerprint density at radius 3 is 2.73 bits per heavy atom.